The fraction of sp³-hybridized carbons (Fsp3) is 0.538. The van der Waals surface area contributed by atoms with Crippen LogP contribution in [0.4, 0.5) is 0 Å². The molecule has 1 aliphatic rings. The van der Waals surface area contributed by atoms with Crippen LogP contribution in [0.3, 0.4) is 0 Å². The molecule has 1 fully saturated rings. The van der Waals surface area contributed by atoms with Gasteiger partial charge in [-0.2, -0.15) is 0 Å². The maximum absolute atomic E-state index is 5.72. The first-order valence-electron chi connectivity index (χ1n) is 5.63. The highest BCUT2D eigenvalue weighted by molar-refractivity contribution is 6.18. The molecule has 0 unspecified atom stereocenters. The highest BCUT2D eigenvalue weighted by Gasteiger charge is 2.26. The summed E-state index contributed by atoms with van der Waals surface area (Å²) in [4.78, 5) is 0. The van der Waals surface area contributed by atoms with Gasteiger partial charge in [0.2, 0.25) is 0 Å². The molecule has 0 aromatic heterocycles. The molecule has 1 saturated heterocycles. The molecule has 0 amide bonds. The van der Waals surface area contributed by atoms with Crippen molar-refractivity contribution in [2.24, 2.45) is 0 Å². The topological polar surface area (TPSA) is 18.5 Å². The minimum atomic E-state index is -0.245. The van der Waals surface area contributed by atoms with Crippen LogP contribution >= 0.6 is 11.6 Å². The van der Waals surface area contributed by atoms with Gasteiger partial charge in [0.1, 0.15) is 0 Å². The van der Waals surface area contributed by atoms with Crippen molar-refractivity contribution in [1.82, 2.24) is 0 Å². The quantitative estimate of drug-likeness (QED) is 0.754. The van der Waals surface area contributed by atoms with Gasteiger partial charge in [0.25, 0.3) is 0 Å². The number of halogens is 1. The summed E-state index contributed by atoms with van der Waals surface area (Å²) in [6.07, 6.45) is -0.221. The first-order chi connectivity index (χ1) is 7.70. The van der Waals surface area contributed by atoms with Crippen molar-refractivity contribution in [2.75, 3.05) is 12.5 Å². The van der Waals surface area contributed by atoms with Crippen LogP contribution in [0.15, 0.2) is 24.3 Å². The zero-order valence-corrected chi connectivity index (χ0v) is 10.4. The van der Waals surface area contributed by atoms with E-state index in [9.17, 15) is 0 Å². The lowest BCUT2D eigenvalue weighted by atomic mass is 10.0. The Morgan fingerprint density at radius 2 is 2.00 bits per heavy atom. The minimum Gasteiger partial charge on any atom is -0.346 e. The van der Waals surface area contributed by atoms with Crippen LogP contribution in [0.5, 0.6) is 0 Å². The predicted molar refractivity (Wildman–Crippen MR) is 64.8 cm³/mol. The van der Waals surface area contributed by atoms with Crippen LogP contribution in [0, 0.1) is 0 Å². The van der Waals surface area contributed by atoms with Gasteiger partial charge in [-0.25, -0.2) is 0 Å². The zero-order valence-electron chi connectivity index (χ0n) is 9.65. The largest absolute Gasteiger partial charge is 0.346 e. The Hall–Kier alpha value is -0.570. The van der Waals surface area contributed by atoms with Gasteiger partial charge < -0.3 is 9.47 Å². The average Bonchev–Trinajstić information content (AvgIpc) is 2.77. The summed E-state index contributed by atoms with van der Waals surface area (Å²) in [5.41, 5.74) is 2.40. The molecule has 1 aromatic carbocycles. The van der Waals surface area contributed by atoms with E-state index in [1.807, 2.05) is 0 Å². The maximum atomic E-state index is 5.72. The molecule has 0 saturated carbocycles. The third-order valence-electron chi connectivity index (χ3n) is 2.80. The molecule has 0 radical (unpaired) electrons. The third kappa shape index (κ3) is 2.57. The Labute approximate surface area is 102 Å². The molecule has 2 atom stereocenters. The van der Waals surface area contributed by atoms with Crippen LogP contribution in [-0.2, 0) is 9.47 Å². The maximum Gasteiger partial charge on any atom is 0.184 e. The molecule has 1 aromatic rings. The molecule has 2 nitrogen and oxygen atoms in total. The molecular formula is C13H17ClO2. The molecule has 2 rings (SSSR count). The Balaban J connectivity index is 2.05. The van der Waals surface area contributed by atoms with Crippen molar-refractivity contribution < 1.29 is 9.47 Å². The molecule has 0 aliphatic carbocycles. The Kier molecular flexibility index (Phi) is 3.85. The van der Waals surface area contributed by atoms with Crippen LogP contribution in [0.1, 0.15) is 37.2 Å². The lowest BCUT2D eigenvalue weighted by Gasteiger charge is -2.12. The standard InChI is InChI=1S/C13H17ClO2/c1-9(2)10-3-5-11(6-4-10)13-15-8-12(7-14)16-13/h3-6,9,12-13H,7-8H2,1-2H3/t12-,13+/m1/s1. The summed E-state index contributed by atoms with van der Waals surface area (Å²) in [6.45, 7) is 4.95. The highest BCUT2D eigenvalue weighted by Crippen LogP contribution is 2.28. The van der Waals surface area contributed by atoms with E-state index in [1.165, 1.54) is 5.56 Å². The second-order valence-electron chi connectivity index (χ2n) is 4.40. The van der Waals surface area contributed by atoms with Gasteiger partial charge in [0, 0.05) is 5.56 Å². The first kappa shape index (κ1) is 11.9. The summed E-state index contributed by atoms with van der Waals surface area (Å²) >= 11 is 5.72. The van der Waals surface area contributed by atoms with E-state index in [-0.39, 0.29) is 12.4 Å². The van der Waals surface area contributed by atoms with Crippen LogP contribution in [0.2, 0.25) is 0 Å². The van der Waals surface area contributed by atoms with Crippen molar-refractivity contribution in [3.8, 4) is 0 Å². The van der Waals surface area contributed by atoms with E-state index < -0.39 is 0 Å². The predicted octanol–water partition coefficient (Wildman–Crippen LogP) is 3.46. The van der Waals surface area contributed by atoms with E-state index in [1.54, 1.807) is 0 Å². The van der Waals surface area contributed by atoms with E-state index in [2.05, 4.69) is 38.1 Å². The van der Waals surface area contributed by atoms with Crippen molar-refractivity contribution in [2.45, 2.75) is 32.2 Å². The summed E-state index contributed by atoms with van der Waals surface area (Å²) in [5.74, 6) is 1.04. The number of rotatable bonds is 3. The second kappa shape index (κ2) is 5.17. The lowest BCUT2D eigenvalue weighted by molar-refractivity contribution is -0.0567. The van der Waals surface area contributed by atoms with E-state index >= 15 is 0 Å². The molecule has 0 N–H and O–H groups in total. The smallest absolute Gasteiger partial charge is 0.184 e. The van der Waals surface area contributed by atoms with Gasteiger partial charge in [-0.1, -0.05) is 38.1 Å². The third-order valence-corrected chi connectivity index (χ3v) is 3.14. The van der Waals surface area contributed by atoms with Crippen molar-refractivity contribution in [3.63, 3.8) is 0 Å². The second-order valence-corrected chi connectivity index (χ2v) is 4.71. The molecule has 3 heteroatoms. The molecule has 1 heterocycles. The number of ether oxygens (including phenoxy) is 2. The number of benzene rings is 1. The van der Waals surface area contributed by atoms with Gasteiger partial charge in [0.05, 0.1) is 18.6 Å². The molecule has 1 aliphatic heterocycles. The summed E-state index contributed by atoms with van der Waals surface area (Å²) in [6, 6.07) is 8.38. The number of hydrogen-bond donors (Lipinski definition) is 0. The monoisotopic (exact) mass is 240 g/mol. The zero-order chi connectivity index (χ0) is 11.5. The lowest BCUT2D eigenvalue weighted by Crippen LogP contribution is -2.10. The number of hydrogen-bond acceptors (Lipinski definition) is 2. The Morgan fingerprint density at radius 1 is 1.31 bits per heavy atom. The van der Waals surface area contributed by atoms with Crippen molar-refractivity contribution in [3.05, 3.63) is 35.4 Å². The first-order valence-corrected chi connectivity index (χ1v) is 6.17. The SMILES string of the molecule is CC(C)c1ccc([C@H]2OC[C@@H](CCl)O2)cc1. The van der Waals surface area contributed by atoms with Gasteiger partial charge in [0.15, 0.2) is 6.29 Å². The van der Waals surface area contributed by atoms with Crippen molar-refractivity contribution >= 4 is 11.6 Å². The number of alkyl halides is 1. The van der Waals surface area contributed by atoms with E-state index in [0.29, 0.717) is 18.4 Å². The summed E-state index contributed by atoms with van der Waals surface area (Å²) in [7, 11) is 0. The van der Waals surface area contributed by atoms with Gasteiger partial charge in [-0.05, 0) is 11.5 Å². The molecule has 16 heavy (non-hydrogen) atoms. The van der Waals surface area contributed by atoms with E-state index in [0.717, 1.165) is 5.56 Å². The summed E-state index contributed by atoms with van der Waals surface area (Å²) < 4.78 is 11.2. The fourth-order valence-electron chi connectivity index (χ4n) is 1.74. The Morgan fingerprint density at radius 3 is 2.50 bits per heavy atom. The van der Waals surface area contributed by atoms with Crippen LogP contribution in [-0.4, -0.2) is 18.6 Å². The molecule has 88 valence electrons. The average molecular weight is 241 g/mol. The highest BCUT2D eigenvalue weighted by atomic mass is 35.5. The Bertz CT molecular complexity index is 334. The van der Waals surface area contributed by atoms with Gasteiger partial charge >= 0.3 is 0 Å². The fourth-order valence-corrected chi connectivity index (χ4v) is 1.90. The van der Waals surface area contributed by atoms with Crippen LogP contribution < -0.4 is 0 Å². The normalized spacial score (nSPS) is 25.2. The van der Waals surface area contributed by atoms with Crippen LogP contribution in [0.25, 0.3) is 0 Å². The molecule has 0 bridgehead atoms. The minimum absolute atomic E-state index is 0.0245. The van der Waals surface area contributed by atoms with Crippen molar-refractivity contribution in [1.29, 1.82) is 0 Å². The molecular weight excluding hydrogens is 224 g/mol. The van der Waals surface area contributed by atoms with E-state index in [4.69, 9.17) is 21.1 Å². The van der Waals surface area contributed by atoms with Gasteiger partial charge in [-0.3, -0.25) is 0 Å². The molecule has 0 spiro atoms. The summed E-state index contributed by atoms with van der Waals surface area (Å²) in [5, 5.41) is 0. The van der Waals surface area contributed by atoms with Gasteiger partial charge in [-0.15, -0.1) is 11.6 Å².